The van der Waals surface area contributed by atoms with E-state index in [1.165, 1.54) is 5.56 Å². The van der Waals surface area contributed by atoms with Crippen LogP contribution in [0, 0.1) is 11.8 Å². The summed E-state index contributed by atoms with van der Waals surface area (Å²) in [6.07, 6.45) is 4.35. The van der Waals surface area contributed by atoms with E-state index in [0.717, 1.165) is 49.4 Å². The van der Waals surface area contributed by atoms with Crippen LogP contribution in [0.15, 0.2) is 91.0 Å². The second kappa shape index (κ2) is 10.4. The molecule has 0 atom stereocenters. The normalized spacial score (nSPS) is 14.3. The molecule has 4 rings (SSSR count). The second-order valence-corrected chi connectivity index (χ2v) is 7.60. The van der Waals surface area contributed by atoms with Gasteiger partial charge in [-0.1, -0.05) is 72.5 Å². The molecule has 0 spiro atoms. The Labute approximate surface area is 184 Å². The van der Waals surface area contributed by atoms with Gasteiger partial charge in [0.1, 0.15) is 0 Å². The fourth-order valence-electron chi connectivity index (χ4n) is 3.58. The maximum atomic E-state index is 12.9. The number of hydrogen-bond acceptors (Lipinski definition) is 2. The predicted molar refractivity (Wildman–Crippen MR) is 127 cm³/mol. The fourth-order valence-corrected chi connectivity index (χ4v) is 3.58. The van der Waals surface area contributed by atoms with E-state index in [1.807, 2.05) is 77.7 Å². The van der Waals surface area contributed by atoms with Crippen molar-refractivity contribution < 1.29 is 4.79 Å². The van der Waals surface area contributed by atoms with Crippen molar-refractivity contribution in [1.82, 2.24) is 9.80 Å². The van der Waals surface area contributed by atoms with E-state index in [1.54, 1.807) is 0 Å². The molecule has 0 saturated carbocycles. The first-order valence-electron chi connectivity index (χ1n) is 10.7. The summed E-state index contributed by atoms with van der Waals surface area (Å²) in [6.45, 7) is 4.21. The van der Waals surface area contributed by atoms with E-state index in [2.05, 4.69) is 41.0 Å². The smallest absolute Gasteiger partial charge is 0.253 e. The van der Waals surface area contributed by atoms with Crippen LogP contribution in [0.4, 0.5) is 0 Å². The van der Waals surface area contributed by atoms with Crippen LogP contribution in [0.2, 0.25) is 0 Å². The van der Waals surface area contributed by atoms with Gasteiger partial charge in [-0.3, -0.25) is 9.69 Å². The molecule has 1 aliphatic rings. The lowest BCUT2D eigenvalue weighted by molar-refractivity contribution is 0.0650. The Kier molecular flexibility index (Phi) is 6.95. The number of carbonyl (C=O) groups is 1. The van der Waals surface area contributed by atoms with Gasteiger partial charge in [0.2, 0.25) is 0 Å². The van der Waals surface area contributed by atoms with Crippen molar-refractivity contribution in [3.05, 3.63) is 113 Å². The van der Waals surface area contributed by atoms with Gasteiger partial charge >= 0.3 is 0 Å². The van der Waals surface area contributed by atoms with Crippen LogP contribution in [-0.4, -0.2) is 48.4 Å². The molecule has 31 heavy (non-hydrogen) atoms. The second-order valence-electron chi connectivity index (χ2n) is 7.60. The van der Waals surface area contributed by atoms with Crippen LogP contribution in [-0.2, 0) is 0 Å². The third-order valence-corrected chi connectivity index (χ3v) is 5.39. The zero-order valence-electron chi connectivity index (χ0n) is 17.6. The van der Waals surface area contributed by atoms with Crippen molar-refractivity contribution in [2.24, 2.45) is 0 Å². The molecule has 3 nitrogen and oxygen atoms in total. The number of benzene rings is 3. The standard InChI is InChI=1S/C28H26N2O/c31-28(27-17-15-26(16-18-27)14-13-25-10-5-2-6-11-25)30-22-20-29(21-23-30)19-7-12-24-8-3-1-4-9-24/h1-12,15-18H,19-23H2. The topological polar surface area (TPSA) is 23.6 Å². The minimum Gasteiger partial charge on any atom is -0.336 e. The molecule has 1 fully saturated rings. The molecule has 1 amide bonds. The lowest BCUT2D eigenvalue weighted by atomic mass is 10.1. The molecule has 0 radical (unpaired) electrons. The Morgan fingerprint density at radius 3 is 1.97 bits per heavy atom. The van der Waals surface area contributed by atoms with Crippen molar-refractivity contribution >= 4 is 12.0 Å². The number of nitrogens with zero attached hydrogens (tertiary/aromatic N) is 2. The summed E-state index contributed by atoms with van der Waals surface area (Å²) in [4.78, 5) is 17.2. The van der Waals surface area contributed by atoms with E-state index in [0.29, 0.717) is 0 Å². The average Bonchev–Trinajstić information content (AvgIpc) is 2.84. The summed E-state index contributed by atoms with van der Waals surface area (Å²) >= 11 is 0. The van der Waals surface area contributed by atoms with Crippen molar-refractivity contribution in [3.8, 4) is 11.8 Å². The average molecular weight is 407 g/mol. The summed E-state index contributed by atoms with van der Waals surface area (Å²) in [5.41, 5.74) is 3.84. The number of amides is 1. The molecule has 1 saturated heterocycles. The van der Waals surface area contributed by atoms with E-state index < -0.39 is 0 Å². The van der Waals surface area contributed by atoms with Crippen LogP contribution in [0.1, 0.15) is 27.0 Å². The van der Waals surface area contributed by atoms with Gasteiger partial charge in [0, 0.05) is 49.4 Å². The molecule has 0 aliphatic carbocycles. The molecule has 3 aromatic rings. The Morgan fingerprint density at radius 1 is 0.742 bits per heavy atom. The minimum absolute atomic E-state index is 0.0991. The zero-order chi connectivity index (χ0) is 21.3. The molecule has 1 aliphatic heterocycles. The molecular weight excluding hydrogens is 380 g/mol. The van der Waals surface area contributed by atoms with Crippen LogP contribution < -0.4 is 0 Å². The van der Waals surface area contributed by atoms with Crippen molar-refractivity contribution in [2.45, 2.75) is 0 Å². The van der Waals surface area contributed by atoms with Crippen molar-refractivity contribution in [1.29, 1.82) is 0 Å². The summed E-state index contributed by atoms with van der Waals surface area (Å²) in [6, 6.07) is 27.8. The van der Waals surface area contributed by atoms with Gasteiger partial charge in [0.15, 0.2) is 0 Å². The van der Waals surface area contributed by atoms with E-state index >= 15 is 0 Å². The molecule has 0 aromatic heterocycles. The Hall–Kier alpha value is -3.61. The van der Waals surface area contributed by atoms with Gasteiger partial charge in [0.25, 0.3) is 5.91 Å². The molecule has 0 N–H and O–H groups in total. The Bertz CT molecular complexity index is 1070. The van der Waals surface area contributed by atoms with Crippen LogP contribution in [0.25, 0.3) is 6.08 Å². The Morgan fingerprint density at radius 2 is 1.32 bits per heavy atom. The molecule has 3 aromatic carbocycles. The predicted octanol–water partition coefficient (Wildman–Crippen LogP) is 4.56. The Balaban J connectivity index is 1.27. The summed E-state index contributed by atoms with van der Waals surface area (Å²) in [5, 5.41) is 0. The largest absolute Gasteiger partial charge is 0.336 e. The third kappa shape index (κ3) is 5.94. The van der Waals surface area contributed by atoms with Gasteiger partial charge in [-0.2, -0.15) is 0 Å². The number of piperazine rings is 1. The van der Waals surface area contributed by atoms with Gasteiger partial charge in [0.05, 0.1) is 0 Å². The first-order chi connectivity index (χ1) is 15.3. The molecular formula is C28H26N2O. The first-order valence-corrected chi connectivity index (χ1v) is 10.7. The summed E-state index contributed by atoms with van der Waals surface area (Å²) in [5.74, 6) is 6.40. The molecule has 0 bridgehead atoms. The summed E-state index contributed by atoms with van der Waals surface area (Å²) < 4.78 is 0. The highest BCUT2D eigenvalue weighted by molar-refractivity contribution is 5.94. The highest BCUT2D eigenvalue weighted by atomic mass is 16.2. The zero-order valence-corrected chi connectivity index (χ0v) is 17.6. The maximum Gasteiger partial charge on any atom is 0.253 e. The monoisotopic (exact) mass is 406 g/mol. The lowest BCUT2D eigenvalue weighted by Gasteiger charge is -2.34. The molecule has 1 heterocycles. The SMILES string of the molecule is O=C(c1ccc(C#Cc2ccccc2)cc1)N1CCN(CC=Cc2ccccc2)CC1. The van der Waals surface area contributed by atoms with Crippen LogP contribution in [0.3, 0.4) is 0 Å². The maximum absolute atomic E-state index is 12.9. The molecule has 3 heteroatoms. The summed E-state index contributed by atoms with van der Waals surface area (Å²) in [7, 11) is 0. The molecule has 154 valence electrons. The lowest BCUT2D eigenvalue weighted by Crippen LogP contribution is -2.48. The molecule has 0 unspecified atom stereocenters. The number of rotatable bonds is 4. The third-order valence-electron chi connectivity index (χ3n) is 5.39. The van der Waals surface area contributed by atoms with Gasteiger partial charge in [-0.25, -0.2) is 0 Å². The highest BCUT2D eigenvalue weighted by Gasteiger charge is 2.21. The van der Waals surface area contributed by atoms with E-state index in [-0.39, 0.29) is 5.91 Å². The number of carbonyl (C=O) groups excluding carboxylic acids is 1. The van der Waals surface area contributed by atoms with E-state index in [9.17, 15) is 4.79 Å². The van der Waals surface area contributed by atoms with Gasteiger partial charge < -0.3 is 4.90 Å². The quantitative estimate of drug-likeness (QED) is 0.593. The first kappa shape index (κ1) is 20.7. The van der Waals surface area contributed by atoms with Crippen molar-refractivity contribution in [3.63, 3.8) is 0 Å². The highest BCUT2D eigenvalue weighted by Crippen LogP contribution is 2.11. The van der Waals surface area contributed by atoms with E-state index in [4.69, 9.17) is 0 Å². The minimum atomic E-state index is 0.0991. The van der Waals surface area contributed by atoms with Gasteiger partial charge in [-0.05, 0) is 42.0 Å². The fraction of sp³-hybridized carbons (Fsp3) is 0.179. The van der Waals surface area contributed by atoms with Gasteiger partial charge in [-0.15, -0.1) is 0 Å². The van der Waals surface area contributed by atoms with Crippen LogP contribution >= 0.6 is 0 Å². The number of hydrogen-bond donors (Lipinski definition) is 0. The van der Waals surface area contributed by atoms with Crippen LogP contribution in [0.5, 0.6) is 0 Å². The van der Waals surface area contributed by atoms with Crippen molar-refractivity contribution in [2.75, 3.05) is 32.7 Å².